The SMILES string of the molecule is CN(CCO)C(=O)c1cn([C@@H]2CCCN(Cc3ccc4c(c3)Cc3ccccc3-4)C2)nn1. The Labute approximate surface area is 188 Å². The van der Waals surface area contributed by atoms with Crippen molar-refractivity contribution < 1.29 is 9.90 Å². The van der Waals surface area contributed by atoms with Gasteiger partial charge in [-0.2, -0.15) is 0 Å². The third kappa shape index (κ3) is 4.06. The summed E-state index contributed by atoms with van der Waals surface area (Å²) in [7, 11) is 1.66. The third-order valence-corrected chi connectivity index (χ3v) is 6.63. The van der Waals surface area contributed by atoms with Crippen LogP contribution in [0.15, 0.2) is 48.7 Å². The van der Waals surface area contributed by atoms with E-state index in [2.05, 4.69) is 57.7 Å². The standard InChI is InChI=1S/C25H29N5O2/c1-28(11-12-31)25(32)24-17-30(27-26-24)21-6-4-10-29(16-21)15-18-8-9-23-20(13-18)14-19-5-2-3-7-22(19)23/h2-3,5,7-9,13,17,21,31H,4,6,10-12,14-16H2,1H3/t21-/m1/s1. The van der Waals surface area contributed by atoms with Crippen molar-refractivity contribution in [2.45, 2.75) is 31.8 Å². The molecule has 1 amide bonds. The smallest absolute Gasteiger partial charge is 0.275 e. The molecule has 5 rings (SSSR count). The zero-order valence-corrected chi connectivity index (χ0v) is 18.4. The van der Waals surface area contributed by atoms with Gasteiger partial charge in [0.1, 0.15) is 0 Å². The zero-order chi connectivity index (χ0) is 22.1. The van der Waals surface area contributed by atoms with E-state index in [-0.39, 0.29) is 25.1 Å². The van der Waals surface area contributed by atoms with Crippen LogP contribution in [0.4, 0.5) is 0 Å². The lowest BCUT2D eigenvalue weighted by Gasteiger charge is -2.32. The van der Waals surface area contributed by atoms with Gasteiger partial charge in [0, 0.05) is 26.7 Å². The van der Waals surface area contributed by atoms with Crippen molar-refractivity contribution in [3.8, 4) is 11.1 Å². The van der Waals surface area contributed by atoms with Crippen molar-refractivity contribution >= 4 is 5.91 Å². The highest BCUT2D eigenvalue weighted by atomic mass is 16.3. The molecule has 1 fully saturated rings. The molecule has 7 nitrogen and oxygen atoms in total. The molecule has 0 radical (unpaired) electrons. The van der Waals surface area contributed by atoms with Crippen LogP contribution >= 0.6 is 0 Å². The van der Waals surface area contributed by atoms with Gasteiger partial charge < -0.3 is 10.0 Å². The Morgan fingerprint density at radius 1 is 1.19 bits per heavy atom. The molecule has 1 aromatic heterocycles. The number of piperidine rings is 1. The van der Waals surface area contributed by atoms with Crippen LogP contribution in [0.5, 0.6) is 0 Å². The molecule has 0 spiro atoms. The quantitative estimate of drug-likeness (QED) is 0.508. The second-order valence-corrected chi connectivity index (χ2v) is 8.89. The molecule has 2 heterocycles. The van der Waals surface area contributed by atoms with Gasteiger partial charge >= 0.3 is 0 Å². The molecule has 7 heteroatoms. The van der Waals surface area contributed by atoms with E-state index in [1.807, 2.05) is 4.68 Å². The van der Waals surface area contributed by atoms with E-state index < -0.39 is 0 Å². The molecule has 32 heavy (non-hydrogen) atoms. The maximum atomic E-state index is 12.4. The molecule has 1 saturated heterocycles. The van der Waals surface area contributed by atoms with Crippen LogP contribution in [-0.4, -0.2) is 69.1 Å². The van der Waals surface area contributed by atoms with Gasteiger partial charge in [-0.05, 0) is 53.6 Å². The van der Waals surface area contributed by atoms with Gasteiger partial charge in [-0.3, -0.25) is 9.69 Å². The average Bonchev–Trinajstić information content (AvgIpc) is 3.44. The van der Waals surface area contributed by atoms with Gasteiger partial charge in [-0.25, -0.2) is 4.68 Å². The minimum absolute atomic E-state index is 0.0667. The van der Waals surface area contributed by atoms with Crippen molar-refractivity contribution in [2.24, 2.45) is 0 Å². The highest BCUT2D eigenvalue weighted by Crippen LogP contribution is 2.37. The molecule has 166 valence electrons. The van der Waals surface area contributed by atoms with Crippen molar-refractivity contribution in [1.29, 1.82) is 0 Å². The van der Waals surface area contributed by atoms with Gasteiger partial charge in [0.05, 0.1) is 18.8 Å². The Morgan fingerprint density at radius 3 is 2.91 bits per heavy atom. The number of carbonyl (C=O) groups is 1. The summed E-state index contributed by atoms with van der Waals surface area (Å²) < 4.78 is 1.84. The number of benzene rings is 2. The van der Waals surface area contributed by atoms with E-state index in [0.717, 1.165) is 38.9 Å². The number of rotatable bonds is 6. The summed E-state index contributed by atoms with van der Waals surface area (Å²) in [6.07, 6.45) is 4.88. The second-order valence-electron chi connectivity index (χ2n) is 8.89. The first-order valence-corrected chi connectivity index (χ1v) is 11.3. The van der Waals surface area contributed by atoms with E-state index in [1.54, 1.807) is 13.2 Å². The Kier molecular flexibility index (Phi) is 5.76. The molecule has 2 aliphatic rings. The van der Waals surface area contributed by atoms with Crippen LogP contribution in [0.1, 0.15) is 46.1 Å². The largest absolute Gasteiger partial charge is 0.395 e. The van der Waals surface area contributed by atoms with E-state index >= 15 is 0 Å². The van der Waals surface area contributed by atoms with Crippen molar-refractivity contribution in [1.82, 2.24) is 24.8 Å². The van der Waals surface area contributed by atoms with Crippen LogP contribution in [0.2, 0.25) is 0 Å². The maximum Gasteiger partial charge on any atom is 0.275 e. The molecular formula is C25H29N5O2. The average molecular weight is 432 g/mol. The second kappa shape index (κ2) is 8.84. The highest BCUT2D eigenvalue weighted by molar-refractivity contribution is 5.91. The number of likely N-dealkylation sites (N-methyl/N-ethyl adjacent to an activating group) is 1. The third-order valence-electron chi connectivity index (χ3n) is 6.63. The zero-order valence-electron chi connectivity index (χ0n) is 18.4. The first kappa shape index (κ1) is 20.8. The number of carbonyl (C=O) groups excluding carboxylic acids is 1. The maximum absolute atomic E-state index is 12.4. The molecule has 1 atom stereocenters. The lowest BCUT2D eigenvalue weighted by molar-refractivity contribution is 0.0761. The summed E-state index contributed by atoms with van der Waals surface area (Å²) in [6, 6.07) is 15.8. The van der Waals surface area contributed by atoms with Gasteiger partial charge in [0.15, 0.2) is 5.69 Å². The lowest BCUT2D eigenvalue weighted by Crippen LogP contribution is -2.36. The van der Waals surface area contributed by atoms with E-state index in [0.29, 0.717) is 5.69 Å². The van der Waals surface area contributed by atoms with Crippen LogP contribution in [0.25, 0.3) is 11.1 Å². The summed E-state index contributed by atoms with van der Waals surface area (Å²) in [5.41, 5.74) is 7.25. The van der Waals surface area contributed by atoms with Gasteiger partial charge in [0.25, 0.3) is 5.91 Å². The molecule has 1 aliphatic carbocycles. The molecular weight excluding hydrogens is 402 g/mol. The fraction of sp³-hybridized carbons (Fsp3) is 0.400. The monoisotopic (exact) mass is 431 g/mol. The van der Waals surface area contributed by atoms with Crippen LogP contribution in [0, 0.1) is 0 Å². The highest BCUT2D eigenvalue weighted by Gasteiger charge is 2.25. The van der Waals surface area contributed by atoms with Crippen molar-refractivity contribution in [3.05, 3.63) is 71.0 Å². The summed E-state index contributed by atoms with van der Waals surface area (Å²) in [4.78, 5) is 16.3. The van der Waals surface area contributed by atoms with Crippen LogP contribution < -0.4 is 0 Å². The number of fused-ring (bicyclic) bond motifs is 3. The predicted octanol–water partition coefficient (Wildman–Crippen LogP) is 2.75. The van der Waals surface area contributed by atoms with E-state index in [9.17, 15) is 4.79 Å². The fourth-order valence-electron chi connectivity index (χ4n) is 4.95. The number of amides is 1. The Morgan fingerprint density at radius 2 is 2.03 bits per heavy atom. The predicted molar refractivity (Wildman–Crippen MR) is 122 cm³/mol. The first-order valence-electron chi connectivity index (χ1n) is 11.3. The summed E-state index contributed by atoms with van der Waals surface area (Å²) >= 11 is 0. The molecule has 1 aliphatic heterocycles. The topological polar surface area (TPSA) is 74.5 Å². The minimum Gasteiger partial charge on any atom is -0.395 e. The Hall–Kier alpha value is -3.03. The van der Waals surface area contributed by atoms with E-state index in [4.69, 9.17) is 5.11 Å². The Balaban J connectivity index is 1.25. The molecule has 1 N–H and O–H groups in total. The number of likely N-dealkylation sites (tertiary alicyclic amines) is 1. The summed E-state index contributed by atoms with van der Waals surface area (Å²) in [6.45, 7) is 3.09. The van der Waals surface area contributed by atoms with Crippen molar-refractivity contribution in [2.75, 3.05) is 33.3 Å². The van der Waals surface area contributed by atoms with Crippen molar-refractivity contribution in [3.63, 3.8) is 0 Å². The number of nitrogens with zero attached hydrogens (tertiary/aromatic N) is 5. The van der Waals surface area contributed by atoms with Crippen LogP contribution in [-0.2, 0) is 13.0 Å². The number of aliphatic hydroxyl groups excluding tert-OH is 1. The summed E-state index contributed by atoms with van der Waals surface area (Å²) in [5.74, 6) is -0.211. The normalized spacial score (nSPS) is 17.8. The Bertz CT molecular complexity index is 1130. The molecule has 0 bridgehead atoms. The van der Waals surface area contributed by atoms with Gasteiger partial charge in [-0.1, -0.05) is 47.7 Å². The first-order chi connectivity index (χ1) is 15.6. The number of hydrogen-bond acceptors (Lipinski definition) is 5. The summed E-state index contributed by atoms with van der Waals surface area (Å²) in [5, 5.41) is 17.4. The minimum atomic E-state index is -0.211. The number of hydrogen-bond donors (Lipinski definition) is 1. The molecule has 3 aromatic rings. The van der Waals surface area contributed by atoms with Gasteiger partial charge in [0.2, 0.25) is 0 Å². The number of aromatic nitrogens is 3. The fourth-order valence-corrected chi connectivity index (χ4v) is 4.95. The van der Waals surface area contributed by atoms with Gasteiger partial charge in [-0.15, -0.1) is 5.10 Å². The molecule has 0 saturated carbocycles. The molecule has 2 aromatic carbocycles. The van der Waals surface area contributed by atoms with E-state index in [1.165, 1.54) is 32.7 Å². The van der Waals surface area contributed by atoms with Crippen LogP contribution in [0.3, 0.4) is 0 Å². The number of aliphatic hydroxyl groups is 1. The lowest BCUT2D eigenvalue weighted by atomic mass is 10.0. The molecule has 0 unspecified atom stereocenters.